The van der Waals surface area contributed by atoms with Gasteiger partial charge in [0.2, 0.25) is 0 Å². The van der Waals surface area contributed by atoms with Crippen LogP contribution in [0.15, 0.2) is 10.6 Å². The first-order valence-corrected chi connectivity index (χ1v) is 8.18. The predicted molar refractivity (Wildman–Crippen MR) is 82.7 cm³/mol. The van der Waals surface area contributed by atoms with Crippen molar-refractivity contribution in [1.82, 2.24) is 15.0 Å². The molecule has 0 radical (unpaired) electrons. The van der Waals surface area contributed by atoms with Crippen LogP contribution in [0, 0.1) is 12.8 Å². The number of aliphatic hydroxyl groups excluding tert-OH is 1. The summed E-state index contributed by atoms with van der Waals surface area (Å²) < 4.78 is 5.20. The average Bonchev–Trinajstić information content (AvgIpc) is 3.08. The predicted octanol–water partition coefficient (Wildman–Crippen LogP) is -0.198. The van der Waals surface area contributed by atoms with Crippen molar-refractivity contribution in [2.45, 2.75) is 37.9 Å². The monoisotopic (exact) mass is 323 g/mol. The summed E-state index contributed by atoms with van der Waals surface area (Å²) in [7, 11) is 1.99. The Labute approximate surface area is 135 Å². The zero-order valence-electron chi connectivity index (χ0n) is 13.7. The Morgan fingerprint density at radius 3 is 2.74 bits per heavy atom. The molecule has 0 spiro atoms. The van der Waals surface area contributed by atoms with Crippen molar-refractivity contribution < 1.29 is 19.5 Å². The second-order valence-electron chi connectivity index (χ2n) is 7.01. The summed E-state index contributed by atoms with van der Waals surface area (Å²) in [6.07, 6.45) is 0.841. The second-order valence-corrected chi connectivity index (χ2v) is 7.01. The fourth-order valence-corrected chi connectivity index (χ4v) is 3.49. The van der Waals surface area contributed by atoms with Crippen molar-refractivity contribution in [3.05, 3.63) is 17.5 Å². The minimum absolute atomic E-state index is 0.0823. The van der Waals surface area contributed by atoms with E-state index in [0.717, 1.165) is 11.5 Å². The molecule has 1 amide bonds. The minimum atomic E-state index is -1.29. The summed E-state index contributed by atoms with van der Waals surface area (Å²) in [6, 6.07) is 1.85. The number of carbonyl (C=O) groups excluding carboxylic acids is 1. The lowest BCUT2D eigenvalue weighted by Crippen LogP contribution is -2.54. The van der Waals surface area contributed by atoms with Crippen LogP contribution >= 0.6 is 0 Å². The summed E-state index contributed by atoms with van der Waals surface area (Å²) in [4.78, 5) is 16.4. The van der Waals surface area contributed by atoms with Crippen LogP contribution in [0.4, 0.5) is 0 Å². The van der Waals surface area contributed by atoms with Gasteiger partial charge >= 0.3 is 0 Å². The largest absolute Gasteiger partial charge is 0.391 e. The number of β-amino-alcohol motifs (C(OH)–C–C–N with tert-alkyl or cyclic N) is 1. The Morgan fingerprint density at radius 1 is 1.43 bits per heavy atom. The van der Waals surface area contributed by atoms with Gasteiger partial charge in [0.05, 0.1) is 11.8 Å². The van der Waals surface area contributed by atoms with Crippen LogP contribution in [0.2, 0.25) is 0 Å². The number of hydrogen-bond donors (Lipinski definition) is 2. The number of piperidine rings is 1. The van der Waals surface area contributed by atoms with Crippen molar-refractivity contribution in [3.63, 3.8) is 0 Å². The highest BCUT2D eigenvalue weighted by Gasteiger charge is 2.45. The van der Waals surface area contributed by atoms with Crippen LogP contribution in [-0.2, 0) is 11.2 Å². The number of amides is 1. The molecule has 2 aliphatic heterocycles. The third kappa shape index (κ3) is 3.41. The third-order valence-electron chi connectivity index (χ3n) is 5.05. The fraction of sp³-hybridized carbons (Fsp3) is 0.750. The summed E-state index contributed by atoms with van der Waals surface area (Å²) >= 11 is 0. The Kier molecular flexibility index (Phi) is 4.44. The van der Waals surface area contributed by atoms with Crippen molar-refractivity contribution in [2.24, 2.45) is 5.92 Å². The van der Waals surface area contributed by atoms with Gasteiger partial charge in [-0.1, -0.05) is 5.16 Å². The molecule has 3 heterocycles. The zero-order valence-corrected chi connectivity index (χ0v) is 13.7. The van der Waals surface area contributed by atoms with Gasteiger partial charge in [-0.05, 0) is 26.8 Å². The number of nitrogens with zero attached hydrogens (tertiary/aromatic N) is 3. The molecule has 128 valence electrons. The van der Waals surface area contributed by atoms with Crippen LogP contribution in [0.3, 0.4) is 0 Å². The highest BCUT2D eigenvalue weighted by atomic mass is 16.5. The smallest absolute Gasteiger partial charge is 0.254 e. The molecule has 0 unspecified atom stereocenters. The molecule has 1 aromatic rings. The molecule has 2 atom stereocenters. The Morgan fingerprint density at radius 2 is 2.13 bits per heavy atom. The molecular weight excluding hydrogens is 298 g/mol. The maximum Gasteiger partial charge on any atom is 0.254 e. The van der Waals surface area contributed by atoms with E-state index in [1.165, 1.54) is 0 Å². The first-order valence-electron chi connectivity index (χ1n) is 8.18. The van der Waals surface area contributed by atoms with Crippen molar-refractivity contribution in [1.29, 1.82) is 0 Å². The van der Waals surface area contributed by atoms with Gasteiger partial charge in [-0.3, -0.25) is 4.79 Å². The van der Waals surface area contributed by atoms with E-state index in [1.807, 2.05) is 20.0 Å². The van der Waals surface area contributed by atoms with Crippen molar-refractivity contribution >= 4 is 5.91 Å². The topological polar surface area (TPSA) is 90.0 Å². The van der Waals surface area contributed by atoms with Gasteiger partial charge in [0.15, 0.2) is 0 Å². The highest BCUT2D eigenvalue weighted by molar-refractivity contribution is 5.85. The van der Waals surface area contributed by atoms with Crippen LogP contribution < -0.4 is 0 Å². The zero-order chi connectivity index (χ0) is 16.6. The van der Waals surface area contributed by atoms with E-state index in [0.29, 0.717) is 38.9 Å². The van der Waals surface area contributed by atoms with E-state index < -0.39 is 11.7 Å². The van der Waals surface area contributed by atoms with Crippen molar-refractivity contribution in [2.75, 3.05) is 33.2 Å². The number of aryl methyl sites for hydroxylation is 1. The van der Waals surface area contributed by atoms with Gasteiger partial charge in [0.25, 0.3) is 5.91 Å². The lowest BCUT2D eigenvalue weighted by Gasteiger charge is -2.37. The van der Waals surface area contributed by atoms with E-state index >= 15 is 0 Å². The Bertz CT molecular complexity index is 565. The van der Waals surface area contributed by atoms with Gasteiger partial charge in [-0.15, -0.1) is 0 Å². The van der Waals surface area contributed by atoms with E-state index in [2.05, 4.69) is 10.1 Å². The van der Waals surface area contributed by atoms with Gasteiger partial charge < -0.3 is 24.5 Å². The maximum absolute atomic E-state index is 12.7. The van der Waals surface area contributed by atoms with Crippen LogP contribution in [-0.4, -0.2) is 76.0 Å². The molecule has 0 aromatic carbocycles. The Hall–Kier alpha value is -1.44. The van der Waals surface area contributed by atoms with Crippen LogP contribution in [0.1, 0.15) is 24.3 Å². The quantitative estimate of drug-likeness (QED) is 0.801. The number of hydrogen-bond acceptors (Lipinski definition) is 6. The van der Waals surface area contributed by atoms with Gasteiger partial charge in [-0.25, -0.2) is 0 Å². The molecule has 7 heteroatoms. The first-order chi connectivity index (χ1) is 10.9. The molecule has 2 aliphatic rings. The molecule has 2 N–H and O–H groups in total. The summed E-state index contributed by atoms with van der Waals surface area (Å²) in [5, 5.41) is 24.8. The molecule has 1 aromatic heterocycles. The number of aliphatic hydroxyl groups is 2. The van der Waals surface area contributed by atoms with Gasteiger partial charge in [-0.2, -0.15) is 0 Å². The van der Waals surface area contributed by atoms with E-state index in [9.17, 15) is 15.0 Å². The first kappa shape index (κ1) is 16.4. The molecule has 3 rings (SSSR count). The van der Waals surface area contributed by atoms with Crippen LogP contribution in [0.5, 0.6) is 0 Å². The third-order valence-corrected chi connectivity index (χ3v) is 5.05. The molecule has 7 nitrogen and oxygen atoms in total. The number of carbonyl (C=O) groups is 1. The van der Waals surface area contributed by atoms with Gasteiger partial charge in [0, 0.05) is 44.6 Å². The molecular formula is C16H25N3O4. The second kappa shape index (κ2) is 6.22. The standard InChI is InChI=1S/C16H25N3O4/c1-11-7-13(23-17-11)8-12-9-19(10-14(12)20)15(21)16(22)3-5-18(2)6-4-16/h7,12,14,20,22H,3-6,8-10H2,1-2H3/t12-,14-/m1/s1. The Balaban J connectivity index is 1.62. The highest BCUT2D eigenvalue weighted by Crippen LogP contribution is 2.28. The molecule has 0 aliphatic carbocycles. The molecule has 0 saturated carbocycles. The number of aromatic nitrogens is 1. The molecule has 23 heavy (non-hydrogen) atoms. The minimum Gasteiger partial charge on any atom is -0.391 e. The lowest BCUT2D eigenvalue weighted by atomic mass is 9.90. The number of likely N-dealkylation sites (tertiary alicyclic amines) is 2. The van der Waals surface area contributed by atoms with E-state index in [-0.39, 0.29) is 18.4 Å². The summed E-state index contributed by atoms with van der Waals surface area (Å²) in [6.45, 7) is 3.98. The fourth-order valence-electron chi connectivity index (χ4n) is 3.49. The van der Waals surface area contributed by atoms with E-state index in [1.54, 1.807) is 4.90 Å². The average molecular weight is 323 g/mol. The summed E-state index contributed by atoms with van der Waals surface area (Å²) in [5.41, 5.74) is -0.481. The van der Waals surface area contributed by atoms with Gasteiger partial charge in [0.1, 0.15) is 11.4 Å². The van der Waals surface area contributed by atoms with Crippen molar-refractivity contribution in [3.8, 4) is 0 Å². The van der Waals surface area contributed by atoms with Crippen LogP contribution in [0.25, 0.3) is 0 Å². The molecule has 0 bridgehead atoms. The normalized spacial score (nSPS) is 28.3. The molecule has 2 fully saturated rings. The molecule has 2 saturated heterocycles. The lowest BCUT2D eigenvalue weighted by molar-refractivity contribution is -0.155. The number of rotatable bonds is 3. The summed E-state index contributed by atoms with van der Waals surface area (Å²) in [5.74, 6) is 0.390. The maximum atomic E-state index is 12.7. The SMILES string of the molecule is Cc1cc(C[C@@H]2CN(C(=O)C3(O)CCN(C)CC3)C[C@H]2O)on1. The van der Waals surface area contributed by atoms with E-state index in [4.69, 9.17) is 4.52 Å².